The fourth-order valence-electron chi connectivity index (χ4n) is 4.59. The number of aromatic nitrogens is 1. The number of urea groups is 1. The smallest absolute Gasteiger partial charge is 0.437 e. The van der Waals surface area contributed by atoms with Gasteiger partial charge < -0.3 is 20.1 Å². The molecule has 2 fully saturated rings. The first-order valence-corrected chi connectivity index (χ1v) is 13.0. The average Bonchev–Trinajstić information content (AvgIpc) is 3.42. The van der Waals surface area contributed by atoms with Crippen LogP contribution in [0.25, 0.3) is 0 Å². The van der Waals surface area contributed by atoms with Gasteiger partial charge in [-0.3, -0.25) is 9.59 Å². The third-order valence-electron chi connectivity index (χ3n) is 6.37. The minimum absolute atomic E-state index is 0.0241. The molecule has 1 aromatic carbocycles. The molecule has 10 nitrogen and oxygen atoms in total. The van der Waals surface area contributed by atoms with Crippen LogP contribution in [0.4, 0.5) is 14.7 Å². The van der Waals surface area contributed by atoms with Gasteiger partial charge in [0.25, 0.3) is 5.91 Å². The van der Waals surface area contributed by atoms with E-state index in [-0.39, 0.29) is 23.4 Å². The number of carbonyl (C=O) groups excluding carboxylic acids is 4. The molecular weight excluding hydrogens is 508 g/mol. The van der Waals surface area contributed by atoms with Gasteiger partial charge >= 0.3 is 12.2 Å². The molecule has 12 heteroatoms. The third kappa shape index (κ3) is 6.33. The fraction of sp³-hybridized carbons (Fsp3) is 0.458. The first-order valence-electron chi connectivity index (χ1n) is 11.7. The molecule has 2 heterocycles. The van der Waals surface area contributed by atoms with Crippen molar-refractivity contribution >= 4 is 52.1 Å². The summed E-state index contributed by atoms with van der Waals surface area (Å²) in [4.78, 5) is 56.1. The summed E-state index contributed by atoms with van der Waals surface area (Å²) in [5, 5.41) is 7.60. The quantitative estimate of drug-likeness (QED) is 0.380. The lowest BCUT2D eigenvalue weighted by Gasteiger charge is -2.30. The average molecular weight is 535 g/mol. The summed E-state index contributed by atoms with van der Waals surface area (Å²) < 4.78 is 9.31. The van der Waals surface area contributed by atoms with Crippen molar-refractivity contribution in [1.29, 1.82) is 0 Å². The van der Waals surface area contributed by atoms with Crippen LogP contribution in [0.1, 0.15) is 44.1 Å². The summed E-state index contributed by atoms with van der Waals surface area (Å²) in [5.41, 5.74) is 0.842. The zero-order valence-corrected chi connectivity index (χ0v) is 21.3. The molecule has 1 saturated carbocycles. The topological polar surface area (TPSA) is 127 Å². The Balaban J connectivity index is 1.50. The number of hydrogen-bond donors (Lipinski definition) is 2. The molecule has 4 rings (SSSR count). The van der Waals surface area contributed by atoms with Crippen LogP contribution in [0.3, 0.4) is 0 Å². The van der Waals surface area contributed by atoms with Crippen LogP contribution >= 0.6 is 22.9 Å². The maximum atomic E-state index is 13.4. The predicted octanol–water partition coefficient (Wildman–Crippen LogP) is 4.38. The van der Waals surface area contributed by atoms with Crippen molar-refractivity contribution in [3.63, 3.8) is 0 Å². The van der Waals surface area contributed by atoms with Crippen molar-refractivity contribution in [2.45, 2.75) is 57.0 Å². The summed E-state index contributed by atoms with van der Waals surface area (Å²) in [5.74, 6) is -0.765. The molecule has 192 valence electrons. The zero-order chi connectivity index (χ0) is 25.7. The maximum Gasteiger partial charge on any atom is 0.514 e. The molecule has 2 N–H and O–H groups in total. The van der Waals surface area contributed by atoms with Gasteiger partial charge in [0, 0.05) is 11.4 Å². The van der Waals surface area contributed by atoms with Crippen molar-refractivity contribution in [1.82, 2.24) is 15.2 Å². The first-order chi connectivity index (χ1) is 17.3. The molecule has 2 atom stereocenters. The van der Waals surface area contributed by atoms with Gasteiger partial charge in [-0.05, 0) is 30.0 Å². The van der Waals surface area contributed by atoms with Crippen molar-refractivity contribution in [2.24, 2.45) is 5.92 Å². The first kappa shape index (κ1) is 25.9. The SMILES string of the molecule is COC(=O)Oc1csc(NC(=O)[C@H](CC2CCCCC2)N2C(=O)N[C@H](Cc3ccc(Cl)cc3)C2=O)n1. The number of carbonyl (C=O) groups is 4. The summed E-state index contributed by atoms with van der Waals surface area (Å²) in [6.45, 7) is 0. The fourth-order valence-corrected chi connectivity index (χ4v) is 5.33. The Morgan fingerprint density at radius 1 is 1.22 bits per heavy atom. The Bertz CT molecular complexity index is 1120. The standard InChI is InChI=1S/C24H27ClN4O6S/c1-34-24(33)35-19-13-36-22(27-19)28-20(30)18(12-14-5-3-2-4-6-14)29-21(31)17(26-23(29)32)11-15-7-9-16(25)10-8-15/h7-10,13-14,17-18H,2-6,11-12H2,1H3,(H,26,32)(H,27,28,30)/t17-,18+/m1/s1. The van der Waals surface area contributed by atoms with Crippen molar-refractivity contribution in [3.05, 3.63) is 40.2 Å². The largest absolute Gasteiger partial charge is 0.514 e. The summed E-state index contributed by atoms with van der Waals surface area (Å²) in [6.07, 6.45) is 4.86. The van der Waals surface area contributed by atoms with Crippen LogP contribution in [-0.4, -0.2) is 53.1 Å². The van der Waals surface area contributed by atoms with Gasteiger partial charge in [-0.2, -0.15) is 4.98 Å². The number of rotatable bonds is 8. The Kier molecular flexibility index (Phi) is 8.42. The third-order valence-corrected chi connectivity index (χ3v) is 7.36. The van der Waals surface area contributed by atoms with Gasteiger partial charge in [0.05, 0.1) is 12.5 Å². The molecule has 2 aromatic rings. The van der Waals surface area contributed by atoms with Crippen LogP contribution < -0.4 is 15.4 Å². The number of benzene rings is 1. The number of nitrogens with one attached hydrogen (secondary N) is 2. The molecular formula is C24H27ClN4O6S. The van der Waals surface area contributed by atoms with Gasteiger partial charge in [-0.25, -0.2) is 14.5 Å². The molecule has 0 spiro atoms. The normalized spacial score (nSPS) is 19.1. The van der Waals surface area contributed by atoms with Gasteiger partial charge in [-0.15, -0.1) is 11.3 Å². The van der Waals surface area contributed by atoms with Crippen LogP contribution in [0.5, 0.6) is 5.88 Å². The highest BCUT2D eigenvalue weighted by atomic mass is 35.5. The Hall–Kier alpha value is -3.18. The van der Waals surface area contributed by atoms with E-state index in [9.17, 15) is 19.2 Å². The highest BCUT2D eigenvalue weighted by Crippen LogP contribution is 2.31. The van der Waals surface area contributed by atoms with Gasteiger partial charge in [0.2, 0.25) is 11.8 Å². The van der Waals surface area contributed by atoms with E-state index in [1.165, 1.54) is 12.5 Å². The maximum absolute atomic E-state index is 13.4. The molecule has 0 radical (unpaired) electrons. The van der Waals surface area contributed by atoms with E-state index in [1.54, 1.807) is 24.3 Å². The predicted molar refractivity (Wildman–Crippen MR) is 133 cm³/mol. The second-order valence-corrected chi connectivity index (χ2v) is 10.1. The van der Waals surface area contributed by atoms with Crippen LogP contribution in [0.2, 0.25) is 5.02 Å². The van der Waals surface area contributed by atoms with Crippen LogP contribution in [0, 0.1) is 5.92 Å². The Morgan fingerprint density at radius 3 is 2.64 bits per heavy atom. The van der Waals surface area contributed by atoms with E-state index in [0.29, 0.717) is 11.4 Å². The second-order valence-electron chi connectivity index (χ2n) is 8.83. The molecule has 4 amide bonds. The molecule has 36 heavy (non-hydrogen) atoms. The molecule has 0 bridgehead atoms. The lowest BCUT2D eigenvalue weighted by Crippen LogP contribution is -2.49. The highest BCUT2D eigenvalue weighted by Gasteiger charge is 2.45. The zero-order valence-electron chi connectivity index (χ0n) is 19.7. The van der Waals surface area contributed by atoms with E-state index in [4.69, 9.17) is 16.3 Å². The summed E-state index contributed by atoms with van der Waals surface area (Å²) in [6, 6.07) is 4.68. The van der Waals surface area contributed by atoms with Crippen LogP contribution in [0.15, 0.2) is 29.6 Å². The summed E-state index contributed by atoms with van der Waals surface area (Å²) in [7, 11) is 1.17. The number of nitrogens with zero attached hydrogens (tertiary/aromatic N) is 2. The van der Waals surface area contributed by atoms with Crippen molar-refractivity contribution < 1.29 is 28.7 Å². The molecule has 2 aliphatic rings. The van der Waals surface area contributed by atoms with Gasteiger partial charge in [-0.1, -0.05) is 55.8 Å². The van der Waals surface area contributed by atoms with Crippen LogP contribution in [-0.2, 0) is 20.7 Å². The molecule has 0 unspecified atom stereocenters. The number of thiazole rings is 1. The van der Waals surface area contributed by atoms with Gasteiger partial charge in [0.15, 0.2) is 5.13 Å². The number of ether oxygens (including phenoxy) is 2. The second kappa shape index (κ2) is 11.7. The molecule has 1 aromatic heterocycles. The minimum atomic E-state index is -0.996. The lowest BCUT2D eigenvalue weighted by molar-refractivity contribution is -0.134. The van der Waals surface area contributed by atoms with Crippen molar-refractivity contribution in [2.75, 3.05) is 12.4 Å². The lowest BCUT2D eigenvalue weighted by atomic mass is 9.84. The number of methoxy groups -OCH3 is 1. The monoisotopic (exact) mass is 534 g/mol. The molecule has 1 aliphatic carbocycles. The Labute approximate surface area is 217 Å². The number of halogens is 1. The summed E-state index contributed by atoms with van der Waals surface area (Å²) >= 11 is 7.00. The minimum Gasteiger partial charge on any atom is -0.437 e. The van der Waals surface area contributed by atoms with E-state index in [0.717, 1.165) is 53.9 Å². The van der Waals surface area contributed by atoms with E-state index < -0.39 is 36.1 Å². The number of anilines is 1. The van der Waals surface area contributed by atoms with Gasteiger partial charge in [0.1, 0.15) is 12.1 Å². The Morgan fingerprint density at radius 2 is 1.94 bits per heavy atom. The van der Waals surface area contributed by atoms with E-state index in [2.05, 4.69) is 20.4 Å². The number of amides is 4. The van der Waals surface area contributed by atoms with E-state index in [1.807, 2.05) is 0 Å². The van der Waals surface area contributed by atoms with Crippen molar-refractivity contribution in [3.8, 4) is 5.88 Å². The molecule has 1 aliphatic heterocycles. The van der Waals surface area contributed by atoms with E-state index >= 15 is 0 Å². The highest BCUT2D eigenvalue weighted by molar-refractivity contribution is 7.14. The number of imide groups is 1. The number of hydrogen-bond acceptors (Lipinski definition) is 8. The molecule has 1 saturated heterocycles.